The molecule has 0 bridgehead atoms. The summed E-state index contributed by atoms with van der Waals surface area (Å²) in [6, 6.07) is 53.7. The van der Waals surface area contributed by atoms with Gasteiger partial charge < -0.3 is 27.1 Å². The fourth-order valence-electron chi connectivity index (χ4n) is 4.59. The Morgan fingerprint density at radius 2 is 0.490 bits per heavy atom. The molecule has 0 saturated heterocycles. The minimum absolute atomic E-state index is 0.465. The molecular weight excluding hydrogens is 675 g/mol. The zero-order valence-electron chi connectivity index (χ0n) is 26.4. The van der Waals surface area contributed by atoms with Crippen LogP contribution in [0.25, 0.3) is 0 Å². The number of hydrogen-bond donors (Lipinski definition) is 0. The van der Waals surface area contributed by atoms with Crippen LogP contribution in [0.15, 0.2) is 189 Å². The van der Waals surface area contributed by atoms with Crippen molar-refractivity contribution in [1.82, 2.24) is 0 Å². The Morgan fingerprint density at radius 1 is 0.286 bits per heavy atom. The molecule has 9 nitrogen and oxygen atoms in total. The van der Waals surface area contributed by atoms with Gasteiger partial charge in [0.2, 0.25) is 0 Å². The Morgan fingerprint density at radius 3 is 0.714 bits per heavy atom. The lowest BCUT2D eigenvalue weighted by atomic mass is 10.2. The van der Waals surface area contributed by atoms with Gasteiger partial charge in [-0.15, -0.1) is 0 Å². The third-order valence-corrected chi connectivity index (χ3v) is 14.9. The monoisotopic (exact) mass is 707 g/mol. The van der Waals surface area contributed by atoms with Crippen LogP contribution in [0, 0.1) is 6.92 Å². The molecule has 1 aliphatic rings. The van der Waals surface area contributed by atoms with Crippen LogP contribution in [0.2, 0.25) is 0 Å². The number of nitrogens with zero attached hydrogens (tertiary/aromatic N) is 3. The van der Waals surface area contributed by atoms with Gasteiger partial charge in [0.05, 0.1) is 0 Å². The third-order valence-electron chi connectivity index (χ3n) is 6.76. The largest absolute Gasteiger partial charge is 0.460 e. The van der Waals surface area contributed by atoms with Crippen molar-refractivity contribution in [2.24, 2.45) is 13.5 Å². The summed E-state index contributed by atoms with van der Waals surface area (Å²) in [5.74, 6) is 2.80. The molecule has 1 atom stereocenters. The van der Waals surface area contributed by atoms with Crippen molar-refractivity contribution >= 4 is 23.0 Å². The van der Waals surface area contributed by atoms with Crippen molar-refractivity contribution < 1.29 is 27.1 Å². The first-order chi connectivity index (χ1) is 24.0. The molecule has 0 N–H and O–H groups in total. The van der Waals surface area contributed by atoms with Gasteiger partial charge in [0.15, 0.2) is 0 Å². The van der Waals surface area contributed by atoms with E-state index in [0.29, 0.717) is 34.5 Å². The molecule has 0 aliphatic carbocycles. The van der Waals surface area contributed by atoms with Gasteiger partial charge in [-0.3, -0.25) is 0 Å². The molecule has 0 aromatic heterocycles. The Bertz CT molecular complexity index is 1980. The molecule has 0 amide bonds. The molecule has 0 spiro atoms. The molecule has 0 radical (unpaired) electrons. The minimum atomic E-state index is -3.89. The fourth-order valence-corrected chi connectivity index (χ4v) is 13.7. The minimum Gasteiger partial charge on any atom is -0.413 e. The molecular formula is C37H32N3O6P3. The lowest BCUT2D eigenvalue weighted by Gasteiger charge is -2.33. The van der Waals surface area contributed by atoms with Gasteiger partial charge in [0, 0.05) is 0 Å². The van der Waals surface area contributed by atoms with Crippen LogP contribution < -0.4 is 27.1 Å². The van der Waals surface area contributed by atoms with E-state index in [1.165, 1.54) is 0 Å². The first-order valence-corrected chi connectivity index (χ1v) is 20.0. The molecule has 1 heterocycles. The Balaban J connectivity index is 1.55. The molecule has 0 fully saturated rings. The van der Waals surface area contributed by atoms with Crippen LogP contribution in [0.1, 0.15) is 5.56 Å². The third kappa shape index (κ3) is 8.28. The highest BCUT2D eigenvalue weighted by atomic mass is 31.3. The summed E-state index contributed by atoms with van der Waals surface area (Å²) in [5.41, 5.74) is 1.06. The van der Waals surface area contributed by atoms with Crippen molar-refractivity contribution in [1.29, 1.82) is 0 Å². The van der Waals surface area contributed by atoms with E-state index in [0.717, 1.165) is 5.56 Å². The second kappa shape index (κ2) is 14.5. The number of para-hydroxylation sites is 5. The summed E-state index contributed by atoms with van der Waals surface area (Å²) in [4.78, 5) is 0. The van der Waals surface area contributed by atoms with E-state index >= 15 is 0 Å². The molecule has 1 aliphatic heterocycles. The molecule has 7 rings (SSSR count). The SMILES string of the molecule is Cc1ccc(OP2(Oc3ccccc3)=NP(Oc3ccccc3)(Oc3ccccc3)=NP(Oc3ccccc3)(Oc3ccccc3)=N2)cc1. The van der Waals surface area contributed by atoms with Crippen LogP contribution in [-0.4, -0.2) is 0 Å². The van der Waals surface area contributed by atoms with E-state index in [1.807, 2.05) is 183 Å². The van der Waals surface area contributed by atoms with E-state index in [9.17, 15) is 0 Å². The van der Waals surface area contributed by atoms with Gasteiger partial charge in [-0.25, -0.2) is 0 Å². The topological polar surface area (TPSA) is 92.5 Å². The standard InChI is InChI=1S/C37H32N3O6P3/c1-31-27-29-37(30-28-31)46-49(45-36-25-15-6-16-26-36)39-47(41-32-17-7-2-8-18-32,42-33-19-9-3-10-20-33)38-48(40-49,43-34-21-11-4-12-22-34)44-35-23-13-5-14-24-35/h2-30H,1H3. The van der Waals surface area contributed by atoms with E-state index in [4.69, 9.17) is 40.7 Å². The van der Waals surface area contributed by atoms with Crippen LogP contribution >= 0.6 is 23.0 Å². The number of rotatable bonds is 12. The van der Waals surface area contributed by atoms with Crippen LogP contribution in [0.3, 0.4) is 0 Å². The first-order valence-electron chi connectivity index (χ1n) is 15.4. The van der Waals surface area contributed by atoms with Crippen LogP contribution in [0.4, 0.5) is 0 Å². The number of hydrogen-bond acceptors (Lipinski definition) is 9. The summed E-state index contributed by atoms with van der Waals surface area (Å²) in [7, 11) is -11.6. The maximum Gasteiger partial charge on any atom is 0.460 e. The van der Waals surface area contributed by atoms with E-state index < -0.39 is 23.0 Å². The van der Waals surface area contributed by atoms with Crippen molar-refractivity contribution in [2.75, 3.05) is 0 Å². The highest BCUT2D eigenvalue weighted by Gasteiger charge is 2.48. The first kappa shape index (κ1) is 32.4. The normalized spacial score (nSPS) is 17.2. The Hall–Kier alpha value is -5.19. The smallest absolute Gasteiger partial charge is 0.413 e. The lowest BCUT2D eigenvalue weighted by molar-refractivity contribution is 0.443. The summed E-state index contributed by atoms with van der Waals surface area (Å²) in [5, 5.41) is 0. The summed E-state index contributed by atoms with van der Waals surface area (Å²) in [6.07, 6.45) is 0. The number of benzene rings is 6. The molecule has 1 unspecified atom stereocenters. The van der Waals surface area contributed by atoms with E-state index in [-0.39, 0.29) is 0 Å². The molecule has 49 heavy (non-hydrogen) atoms. The zero-order chi connectivity index (χ0) is 33.4. The second-order valence-electron chi connectivity index (χ2n) is 10.7. The highest BCUT2D eigenvalue weighted by molar-refractivity contribution is 7.79. The quantitative estimate of drug-likeness (QED) is 0.118. The van der Waals surface area contributed by atoms with Crippen LogP contribution in [-0.2, 0) is 0 Å². The Kier molecular flexibility index (Phi) is 9.58. The van der Waals surface area contributed by atoms with E-state index in [1.54, 1.807) is 0 Å². The predicted octanol–water partition coefficient (Wildman–Crippen LogP) is 12.6. The molecule has 12 heteroatoms. The van der Waals surface area contributed by atoms with Crippen molar-refractivity contribution in [3.05, 3.63) is 181 Å². The molecule has 246 valence electrons. The van der Waals surface area contributed by atoms with Crippen molar-refractivity contribution in [2.45, 2.75) is 6.92 Å². The molecule has 6 aromatic rings. The molecule has 0 saturated carbocycles. The molecule has 6 aromatic carbocycles. The Labute approximate surface area is 285 Å². The summed E-state index contributed by atoms with van der Waals surface area (Å²) in [6.45, 7) is 2.00. The van der Waals surface area contributed by atoms with E-state index in [2.05, 4.69) is 0 Å². The van der Waals surface area contributed by atoms with Crippen LogP contribution in [0.5, 0.6) is 34.5 Å². The summed E-state index contributed by atoms with van der Waals surface area (Å²) >= 11 is 0. The number of aryl methyl sites for hydroxylation is 1. The van der Waals surface area contributed by atoms with Crippen molar-refractivity contribution in [3.63, 3.8) is 0 Å². The predicted molar refractivity (Wildman–Crippen MR) is 195 cm³/mol. The fraction of sp³-hybridized carbons (Fsp3) is 0.0270. The maximum absolute atomic E-state index is 6.79. The van der Waals surface area contributed by atoms with Gasteiger partial charge in [0.1, 0.15) is 34.5 Å². The zero-order valence-corrected chi connectivity index (χ0v) is 29.1. The average Bonchev–Trinajstić information content (AvgIpc) is 3.11. The van der Waals surface area contributed by atoms with Gasteiger partial charge in [-0.1, -0.05) is 122 Å². The van der Waals surface area contributed by atoms with Gasteiger partial charge in [-0.2, -0.15) is 0 Å². The highest BCUT2D eigenvalue weighted by Crippen LogP contribution is 2.78. The lowest BCUT2D eigenvalue weighted by Crippen LogP contribution is -2.11. The van der Waals surface area contributed by atoms with Crippen molar-refractivity contribution in [3.8, 4) is 34.5 Å². The second-order valence-corrected chi connectivity index (χ2v) is 16.9. The van der Waals surface area contributed by atoms with Gasteiger partial charge in [-0.05, 0) is 79.7 Å². The van der Waals surface area contributed by atoms with Gasteiger partial charge in [0.25, 0.3) is 0 Å². The maximum atomic E-state index is 6.79. The average molecular weight is 708 g/mol. The van der Waals surface area contributed by atoms with Gasteiger partial charge >= 0.3 is 23.0 Å². The summed E-state index contributed by atoms with van der Waals surface area (Å²) < 4.78 is 56.2.